The van der Waals surface area contributed by atoms with Gasteiger partial charge in [-0.2, -0.15) is 0 Å². The first kappa shape index (κ1) is 18.5. The van der Waals surface area contributed by atoms with Crippen molar-refractivity contribution in [3.05, 3.63) is 42.2 Å². The zero-order valence-electron chi connectivity index (χ0n) is 16.2. The summed E-state index contributed by atoms with van der Waals surface area (Å²) in [7, 11) is 1.97. The Balaban J connectivity index is 1.32. The van der Waals surface area contributed by atoms with Crippen molar-refractivity contribution in [1.29, 1.82) is 0 Å². The van der Waals surface area contributed by atoms with Crippen LogP contribution in [0, 0.1) is 0 Å². The van der Waals surface area contributed by atoms with E-state index in [9.17, 15) is 4.79 Å². The van der Waals surface area contributed by atoms with Gasteiger partial charge in [0.1, 0.15) is 0 Å². The van der Waals surface area contributed by atoms with Crippen molar-refractivity contribution in [3.8, 4) is 11.5 Å². The van der Waals surface area contributed by atoms with E-state index in [1.165, 1.54) is 0 Å². The summed E-state index contributed by atoms with van der Waals surface area (Å²) in [5, 5.41) is 0. The number of aromatic nitrogens is 2. The van der Waals surface area contributed by atoms with Gasteiger partial charge in [0.15, 0.2) is 11.5 Å². The van der Waals surface area contributed by atoms with E-state index in [-0.39, 0.29) is 18.7 Å². The van der Waals surface area contributed by atoms with Crippen molar-refractivity contribution in [2.75, 3.05) is 44.9 Å². The van der Waals surface area contributed by atoms with Crippen LogP contribution in [0.5, 0.6) is 11.5 Å². The van der Waals surface area contributed by atoms with E-state index in [0.29, 0.717) is 19.6 Å². The van der Waals surface area contributed by atoms with Gasteiger partial charge < -0.3 is 19.3 Å². The summed E-state index contributed by atoms with van der Waals surface area (Å²) in [6.45, 7) is 5.74. The van der Waals surface area contributed by atoms with E-state index in [1.807, 2.05) is 37.1 Å². The first-order valence-corrected chi connectivity index (χ1v) is 9.51. The number of likely N-dealkylation sites (N-methyl/N-ethyl adjacent to an activating group) is 1. The molecule has 1 aromatic heterocycles. The number of amides is 1. The van der Waals surface area contributed by atoms with Gasteiger partial charge in [-0.15, -0.1) is 0 Å². The second-order valence-electron chi connectivity index (χ2n) is 7.14. The lowest BCUT2D eigenvalue weighted by molar-refractivity contribution is -0.136. The number of nitrogens with zero attached hydrogens (tertiary/aromatic N) is 5. The fraction of sp³-hybridized carbons (Fsp3) is 0.450. The topological polar surface area (TPSA) is 71.0 Å². The first-order valence-electron chi connectivity index (χ1n) is 9.51. The second-order valence-corrected chi connectivity index (χ2v) is 7.14. The molecule has 1 unspecified atom stereocenters. The molecule has 0 saturated carbocycles. The molecule has 1 aromatic carbocycles. The Labute approximate surface area is 164 Å². The van der Waals surface area contributed by atoms with Crippen LogP contribution in [0.15, 0.2) is 36.7 Å². The van der Waals surface area contributed by atoms with Crippen LogP contribution in [-0.2, 0) is 11.3 Å². The van der Waals surface area contributed by atoms with Crippen molar-refractivity contribution < 1.29 is 14.3 Å². The van der Waals surface area contributed by atoms with Gasteiger partial charge in [-0.05, 0) is 37.7 Å². The number of hydrogen-bond acceptors (Lipinski definition) is 7. The third kappa shape index (κ3) is 3.87. The molecule has 0 radical (unpaired) electrons. The minimum Gasteiger partial charge on any atom is -0.454 e. The molecule has 0 aliphatic carbocycles. The number of hydrogen-bond donors (Lipinski definition) is 0. The summed E-state index contributed by atoms with van der Waals surface area (Å²) in [4.78, 5) is 27.6. The van der Waals surface area contributed by atoms with Crippen LogP contribution in [0.3, 0.4) is 0 Å². The highest BCUT2D eigenvalue weighted by Gasteiger charge is 2.28. The van der Waals surface area contributed by atoms with Crippen molar-refractivity contribution in [3.63, 3.8) is 0 Å². The summed E-state index contributed by atoms with van der Waals surface area (Å²) >= 11 is 0. The van der Waals surface area contributed by atoms with E-state index < -0.39 is 0 Å². The molecule has 0 N–H and O–H groups in total. The van der Waals surface area contributed by atoms with Gasteiger partial charge in [0.25, 0.3) is 0 Å². The smallest absolute Gasteiger partial charge is 0.239 e. The zero-order valence-corrected chi connectivity index (χ0v) is 16.2. The van der Waals surface area contributed by atoms with E-state index in [0.717, 1.165) is 36.1 Å². The Hall–Kier alpha value is -2.87. The van der Waals surface area contributed by atoms with Crippen molar-refractivity contribution in [2.45, 2.75) is 19.5 Å². The van der Waals surface area contributed by atoms with Crippen LogP contribution in [-0.4, -0.2) is 71.7 Å². The number of carbonyl (C=O) groups is 1. The van der Waals surface area contributed by atoms with E-state index in [1.54, 1.807) is 18.5 Å². The molecule has 0 bridgehead atoms. The molecule has 28 heavy (non-hydrogen) atoms. The Morgan fingerprint density at radius 3 is 2.61 bits per heavy atom. The molecule has 8 nitrogen and oxygen atoms in total. The maximum Gasteiger partial charge on any atom is 0.239 e. The van der Waals surface area contributed by atoms with Gasteiger partial charge in [-0.3, -0.25) is 9.69 Å². The molecule has 1 atom stereocenters. The van der Waals surface area contributed by atoms with Crippen LogP contribution in [0.25, 0.3) is 0 Å². The second kappa shape index (κ2) is 8.02. The fourth-order valence-corrected chi connectivity index (χ4v) is 3.50. The van der Waals surface area contributed by atoms with Crippen LogP contribution < -0.4 is 14.4 Å². The minimum absolute atomic E-state index is 0.150. The van der Waals surface area contributed by atoms with E-state index in [4.69, 9.17) is 9.47 Å². The van der Waals surface area contributed by atoms with Gasteiger partial charge >= 0.3 is 0 Å². The number of ether oxygens (including phenoxy) is 2. The SMILES string of the molecule is CC(C(=O)N1CCN(c2ncccn2)CC1)N(C)Cc1ccc2c(c1)OCO2. The number of benzene rings is 1. The number of piperazine rings is 1. The number of fused-ring (bicyclic) bond motifs is 1. The maximum atomic E-state index is 12.9. The molecule has 8 heteroatoms. The molecule has 148 valence electrons. The van der Waals surface area contributed by atoms with Crippen LogP contribution >= 0.6 is 0 Å². The van der Waals surface area contributed by atoms with Crippen LogP contribution in [0.2, 0.25) is 0 Å². The lowest BCUT2D eigenvalue weighted by Crippen LogP contribution is -2.53. The van der Waals surface area contributed by atoms with Gasteiger partial charge in [-0.1, -0.05) is 6.07 Å². The Bertz CT molecular complexity index is 824. The Kier molecular flexibility index (Phi) is 5.29. The summed E-state index contributed by atoms with van der Waals surface area (Å²) in [5.74, 6) is 2.42. The monoisotopic (exact) mass is 383 g/mol. The van der Waals surface area contributed by atoms with Crippen LogP contribution in [0.1, 0.15) is 12.5 Å². The average molecular weight is 383 g/mol. The zero-order chi connectivity index (χ0) is 19.5. The van der Waals surface area contributed by atoms with E-state index >= 15 is 0 Å². The molecule has 2 aliphatic rings. The summed E-state index contributed by atoms with van der Waals surface area (Å²) in [6.07, 6.45) is 3.49. The summed E-state index contributed by atoms with van der Waals surface area (Å²) in [6, 6.07) is 7.52. The third-order valence-electron chi connectivity index (χ3n) is 5.31. The molecule has 1 saturated heterocycles. The molecule has 1 amide bonds. The quantitative estimate of drug-likeness (QED) is 0.772. The lowest BCUT2D eigenvalue weighted by Gasteiger charge is -2.37. The van der Waals surface area contributed by atoms with Gasteiger partial charge in [-0.25, -0.2) is 9.97 Å². The highest BCUT2D eigenvalue weighted by molar-refractivity contribution is 5.81. The molecule has 2 aromatic rings. The van der Waals surface area contributed by atoms with Crippen molar-refractivity contribution >= 4 is 11.9 Å². The highest BCUT2D eigenvalue weighted by atomic mass is 16.7. The normalized spacial score (nSPS) is 17.1. The molecule has 2 aliphatic heterocycles. The Morgan fingerprint density at radius 2 is 1.86 bits per heavy atom. The van der Waals surface area contributed by atoms with Crippen molar-refractivity contribution in [1.82, 2.24) is 19.8 Å². The highest BCUT2D eigenvalue weighted by Crippen LogP contribution is 2.32. The third-order valence-corrected chi connectivity index (χ3v) is 5.31. The standard InChI is InChI=1S/C20H25N5O3/c1-15(23(2)13-16-4-5-17-18(12-16)28-14-27-17)19(26)24-8-10-25(11-9-24)20-21-6-3-7-22-20/h3-7,12,15H,8-11,13-14H2,1-2H3. The molecule has 3 heterocycles. The van der Waals surface area contributed by atoms with Gasteiger partial charge in [0, 0.05) is 45.1 Å². The first-order chi connectivity index (χ1) is 13.6. The fourth-order valence-electron chi connectivity index (χ4n) is 3.50. The lowest BCUT2D eigenvalue weighted by atomic mass is 10.1. The van der Waals surface area contributed by atoms with Gasteiger partial charge in [0.05, 0.1) is 6.04 Å². The van der Waals surface area contributed by atoms with Gasteiger partial charge in [0.2, 0.25) is 18.6 Å². The largest absolute Gasteiger partial charge is 0.454 e. The maximum absolute atomic E-state index is 12.9. The summed E-state index contributed by atoms with van der Waals surface area (Å²) in [5.41, 5.74) is 1.09. The predicted octanol–water partition coefficient (Wildman–Crippen LogP) is 1.37. The number of rotatable bonds is 5. The molecule has 1 fully saturated rings. The van der Waals surface area contributed by atoms with E-state index in [2.05, 4.69) is 19.8 Å². The number of anilines is 1. The summed E-state index contributed by atoms with van der Waals surface area (Å²) < 4.78 is 10.8. The molecular formula is C20H25N5O3. The average Bonchev–Trinajstić information content (AvgIpc) is 3.21. The van der Waals surface area contributed by atoms with Crippen molar-refractivity contribution in [2.24, 2.45) is 0 Å². The molecule has 4 rings (SSSR count). The molecular weight excluding hydrogens is 358 g/mol. The van der Waals surface area contributed by atoms with Crippen LogP contribution in [0.4, 0.5) is 5.95 Å². The number of carbonyl (C=O) groups excluding carboxylic acids is 1. The predicted molar refractivity (Wildman–Crippen MR) is 104 cm³/mol. The molecule has 0 spiro atoms. The minimum atomic E-state index is -0.204. The Morgan fingerprint density at radius 1 is 1.14 bits per heavy atom.